The molecule has 0 aromatic heterocycles. The monoisotopic (exact) mass is 297 g/mol. The first kappa shape index (κ1) is 25.1. The molecule has 6 heteroatoms. The Labute approximate surface area is 116 Å². The largest absolute Gasteiger partial charge is 0.463 e. The Morgan fingerprint density at radius 3 is 2.06 bits per heavy atom. The van der Waals surface area contributed by atoms with E-state index in [1.807, 2.05) is 6.92 Å². The number of amides is 1. The number of primary amides is 1. The molecule has 0 aliphatic rings. The van der Waals surface area contributed by atoms with Gasteiger partial charge in [-0.15, -0.1) is 0 Å². The van der Waals surface area contributed by atoms with Gasteiger partial charge < -0.3 is 15.2 Å². The third-order valence-corrected chi connectivity index (χ3v) is 1.20. The Bertz CT molecular complexity index is 198. The van der Waals surface area contributed by atoms with Gasteiger partial charge in [-0.3, -0.25) is 0 Å². The second kappa shape index (κ2) is 20.5. The summed E-state index contributed by atoms with van der Waals surface area (Å²) in [6.45, 7) is 7.88. The first-order valence-corrected chi connectivity index (χ1v) is 4.79. The van der Waals surface area contributed by atoms with Crippen LogP contribution in [0.5, 0.6) is 0 Å². The Morgan fingerprint density at radius 2 is 1.82 bits per heavy atom. The summed E-state index contributed by atoms with van der Waals surface area (Å²) in [5, 5.41) is 0. The molecule has 0 saturated carbocycles. The number of hydrogen-bond acceptors (Lipinski definition) is 4. The van der Waals surface area contributed by atoms with E-state index in [-0.39, 0.29) is 32.9 Å². The molecule has 17 heavy (non-hydrogen) atoms. The summed E-state index contributed by atoms with van der Waals surface area (Å²) < 4.78 is 8.86. The summed E-state index contributed by atoms with van der Waals surface area (Å²) in [5.41, 5.74) is 4.54. The van der Waals surface area contributed by atoms with Crippen molar-refractivity contribution in [3.63, 3.8) is 0 Å². The van der Waals surface area contributed by atoms with Gasteiger partial charge in [-0.2, -0.15) is 0 Å². The molecule has 0 spiro atoms. The molecule has 0 unspecified atom stereocenters. The Kier molecular flexibility index (Phi) is 30.2. The molecular formula is C11H23NO4Zn. The third kappa shape index (κ3) is 31.3. The maximum atomic E-state index is 10.3. The molecule has 0 aliphatic carbocycles. The zero-order chi connectivity index (χ0) is 12.1. The quantitative estimate of drug-likeness (QED) is 0.365. The van der Waals surface area contributed by atoms with Crippen molar-refractivity contribution in [2.24, 2.45) is 5.73 Å². The van der Waals surface area contributed by atoms with Crippen LogP contribution in [0, 0.1) is 0 Å². The van der Waals surface area contributed by atoms with Crippen LogP contribution in [0.3, 0.4) is 0 Å². The molecule has 0 aliphatic heterocycles. The van der Waals surface area contributed by atoms with E-state index in [9.17, 15) is 9.59 Å². The summed E-state index contributed by atoms with van der Waals surface area (Å²) in [4.78, 5) is 19.9. The van der Waals surface area contributed by atoms with E-state index in [0.29, 0.717) is 13.2 Å². The molecule has 2 N–H and O–H groups in total. The number of rotatable bonds is 5. The van der Waals surface area contributed by atoms with Crippen LogP contribution in [-0.4, -0.2) is 25.3 Å². The summed E-state index contributed by atoms with van der Waals surface area (Å²) >= 11 is 0. The van der Waals surface area contributed by atoms with Gasteiger partial charge in [-0.05, 0) is 13.3 Å². The van der Waals surface area contributed by atoms with Crippen LogP contribution in [-0.2, 0) is 33.7 Å². The number of carbonyl (C=O) groups is 2. The van der Waals surface area contributed by atoms with Crippen LogP contribution >= 0.6 is 0 Å². The van der Waals surface area contributed by atoms with Crippen molar-refractivity contribution in [1.82, 2.24) is 0 Å². The second-order valence-electron chi connectivity index (χ2n) is 2.48. The number of unbranched alkanes of at least 4 members (excludes halogenated alkanes) is 1. The fourth-order valence-electron chi connectivity index (χ4n) is 0.518. The van der Waals surface area contributed by atoms with Crippen molar-refractivity contribution in [3.05, 3.63) is 12.7 Å². The van der Waals surface area contributed by atoms with Crippen molar-refractivity contribution in [2.75, 3.05) is 13.2 Å². The average molecular weight is 299 g/mol. The number of esters is 1. The molecule has 0 aromatic carbocycles. The van der Waals surface area contributed by atoms with Gasteiger partial charge in [-0.25, -0.2) is 9.59 Å². The summed E-state index contributed by atoms with van der Waals surface area (Å²) in [6, 6.07) is 0. The number of ether oxygens (including phenoxy) is 2. The van der Waals surface area contributed by atoms with E-state index in [2.05, 4.69) is 21.8 Å². The van der Waals surface area contributed by atoms with Crippen LogP contribution in [0.25, 0.3) is 0 Å². The molecule has 0 aromatic rings. The average Bonchev–Trinajstić information content (AvgIpc) is 2.18. The van der Waals surface area contributed by atoms with Crippen molar-refractivity contribution < 1.29 is 38.5 Å². The summed E-state index contributed by atoms with van der Waals surface area (Å²) in [6.07, 6.45) is 2.44. The molecule has 0 bridgehead atoms. The topological polar surface area (TPSA) is 78.6 Å². The van der Waals surface area contributed by atoms with E-state index in [4.69, 9.17) is 0 Å². The van der Waals surface area contributed by atoms with Gasteiger partial charge in [-0.1, -0.05) is 27.4 Å². The van der Waals surface area contributed by atoms with E-state index in [1.54, 1.807) is 6.92 Å². The van der Waals surface area contributed by atoms with Gasteiger partial charge in [0.05, 0.1) is 13.2 Å². The van der Waals surface area contributed by atoms with E-state index < -0.39 is 6.09 Å². The van der Waals surface area contributed by atoms with Crippen molar-refractivity contribution in [2.45, 2.75) is 34.1 Å². The predicted octanol–water partition coefficient (Wildman–Crippen LogP) is 2.25. The van der Waals surface area contributed by atoms with Crippen LogP contribution < -0.4 is 5.73 Å². The van der Waals surface area contributed by atoms with Gasteiger partial charge in [0.2, 0.25) is 0 Å². The summed E-state index contributed by atoms with van der Waals surface area (Å²) in [7, 11) is 0. The first-order chi connectivity index (χ1) is 7.08. The Hall–Kier alpha value is -0.897. The van der Waals surface area contributed by atoms with Crippen LogP contribution in [0.1, 0.15) is 34.1 Å². The maximum absolute atomic E-state index is 10.3. The SMILES string of the molecule is C.C=CC(=O)OCCCC.CCOC(N)=O.[Zn]. The first-order valence-electron chi connectivity index (χ1n) is 4.79. The van der Waals surface area contributed by atoms with Crippen molar-refractivity contribution in [3.8, 4) is 0 Å². The fraction of sp³-hybridized carbons (Fsp3) is 0.636. The van der Waals surface area contributed by atoms with Gasteiger partial charge in [0, 0.05) is 25.6 Å². The fourth-order valence-corrected chi connectivity index (χ4v) is 0.518. The van der Waals surface area contributed by atoms with Crippen molar-refractivity contribution in [1.29, 1.82) is 0 Å². The number of nitrogens with two attached hydrogens (primary N) is 1. The van der Waals surface area contributed by atoms with E-state index in [1.165, 1.54) is 6.08 Å². The zero-order valence-corrected chi connectivity index (χ0v) is 13.0. The maximum Gasteiger partial charge on any atom is 0.404 e. The van der Waals surface area contributed by atoms with E-state index >= 15 is 0 Å². The second-order valence-corrected chi connectivity index (χ2v) is 2.48. The molecular weight excluding hydrogens is 276 g/mol. The smallest absolute Gasteiger partial charge is 0.404 e. The molecule has 0 rings (SSSR count). The Morgan fingerprint density at radius 1 is 1.29 bits per heavy atom. The molecule has 5 nitrogen and oxygen atoms in total. The third-order valence-electron chi connectivity index (χ3n) is 1.20. The number of hydrogen-bond donors (Lipinski definition) is 1. The molecule has 0 atom stereocenters. The van der Waals surface area contributed by atoms with E-state index in [0.717, 1.165) is 12.8 Å². The molecule has 0 radical (unpaired) electrons. The zero-order valence-electron chi connectivity index (χ0n) is 10.0. The van der Waals surface area contributed by atoms with Gasteiger partial charge >= 0.3 is 12.1 Å². The molecule has 1 amide bonds. The molecule has 0 saturated heterocycles. The van der Waals surface area contributed by atoms with Crippen LogP contribution in [0.4, 0.5) is 4.79 Å². The minimum atomic E-state index is -0.711. The minimum Gasteiger partial charge on any atom is -0.463 e. The van der Waals surface area contributed by atoms with Crippen LogP contribution in [0.2, 0.25) is 0 Å². The summed E-state index contributed by atoms with van der Waals surface area (Å²) in [5.74, 6) is -0.330. The normalized spacial score (nSPS) is 7.18. The van der Waals surface area contributed by atoms with Gasteiger partial charge in [0.25, 0.3) is 0 Å². The molecule has 0 heterocycles. The molecule has 0 fully saturated rings. The predicted molar refractivity (Wildman–Crippen MR) is 64.0 cm³/mol. The van der Waals surface area contributed by atoms with Crippen molar-refractivity contribution >= 4 is 12.1 Å². The van der Waals surface area contributed by atoms with Gasteiger partial charge in [0.1, 0.15) is 0 Å². The Balaban J connectivity index is -0.0000000945. The van der Waals surface area contributed by atoms with Crippen LogP contribution in [0.15, 0.2) is 12.7 Å². The molecule has 98 valence electrons. The van der Waals surface area contributed by atoms with Gasteiger partial charge in [0.15, 0.2) is 0 Å². The number of carbonyl (C=O) groups excluding carboxylic acids is 2. The standard InChI is InChI=1S/C7H12O2.C3H7NO2.CH4.Zn/c1-3-5-6-9-7(8)4-2;1-2-6-3(4)5;;/h4H,2-3,5-6H2,1H3;2H2,1H3,(H2,4,5);1H4;. The minimum absolute atomic E-state index is 0.